The first kappa shape index (κ1) is 10.9. The smallest absolute Gasteiger partial charge is 0.234 e. The van der Waals surface area contributed by atoms with E-state index in [1.54, 1.807) is 0 Å². The number of carbonyl (C=O) groups is 1. The van der Waals surface area contributed by atoms with Crippen LogP contribution in [0.3, 0.4) is 0 Å². The molecule has 0 radical (unpaired) electrons. The van der Waals surface area contributed by atoms with Gasteiger partial charge in [-0.25, -0.2) is 0 Å². The van der Waals surface area contributed by atoms with Gasteiger partial charge in [-0.3, -0.25) is 4.79 Å². The van der Waals surface area contributed by atoms with Gasteiger partial charge in [-0.1, -0.05) is 0 Å². The summed E-state index contributed by atoms with van der Waals surface area (Å²) in [4.78, 5) is 10.7. The van der Waals surface area contributed by atoms with Crippen LogP contribution < -0.4 is 11.1 Å². The molecule has 1 aliphatic rings. The maximum Gasteiger partial charge on any atom is 0.234 e. The first-order chi connectivity index (χ1) is 6.20. The Morgan fingerprint density at radius 2 is 2.23 bits per heavy atom. The molecule has 0 spiro atoms. The quantitative estimate of drug-likeness (QED) is 0.701. The van der Waals surface area contributed by atoms with Gasteiger partial charge in [-0.05, 0) is 43.7 Å². The number of primary amides is 1. The minimum absolute atomic E-state index is 0.186. The highest BCUT2D eigenvalue weighted by atomic mass is 32.2. The fourth-order valence-electron chi connectivity index (χ4n) is 1.39. The monoisotopic (exact) mass is 202 g/mol. The Hall–Kier alpha value is -0.220. The van der Waals surface area contributed by atoms with Crippen molar-refractivity contribution >= 4 is 17.7 Å². The van der Waals surface area contributed by atoms with Gasteiger partial charge in [0, 0.05) is 0 Å². The van der Waals surface area contributed by atoms with E-state index in [0.29, 0.717) is 0 Å². The summed E-state index contributed by atoms with van der Waals surface area (Å²) in [6.45, 7) is 2.75. The molecule has 1 saturated heterocycles. The van der Waals surface area contributed by atoms with Gasteiger partial charge in [0.1, 0.15) is 0 Å². The minimum atomic E-state index is -0.259. The SMILES string of the molecule is CC(NCC1CCSCC1)C(N)=O. The van der Waals surface area contributed by atoms with Gasteiger partial charge in [-0.2, -0.15) is 11.8 Å². The zero-order chi connectivity index (χ0) is 9.68. The van der Waals surface area contributed by atoms with E-state index in [-0.39, 0.29) is 11.9 Å². The predicted octanol–water partition coefficient (Wildman–Crippen LogP) is 0.593. The van der Waals surface area contributed by atoms with Crippen molar-refractivity contribution in [3.05, 3.63) is 0 Å². The summed E-state index contributed by atoms with van der Waals surface area (Å²) in [6, 6.07) is -0.186. The van der Waals surface area contributed by atoms with Gasteiger partial charge >= 0.3 is 0 Å². The van der Waals surface area contributed by atoms with Crippen molar-refractivity contribution in [1.82, 2.24) is 5.32 Å². The third kappa shape index (κ3) is 4.00. The Labute approximate surface area is 83.8 Å². The van der Waals surface area contributed by atoms with E-state index in [4.69, 9.17) is 5.73 Å². The predicted molar refractivity (Wildman–Crippen MR) is 56.7 cm³/mol. The molecule has 1 amide bonds. The Kier molecular flexibility index (Phi) is 4.59. The summed E-state index contributed by atoms with van der Waals surface area (Å²) in [5.41, 5.74) is 5.15. The molecule has 0 aromatic heterocycles. The molecular formula is C9H18N2OS. The van der Waals surface area contributed by atoms with Crippen LogP contribution in [0.4, 0.5) is 0 Å². The molecule has 3 nitrogen and oxygen atoms in total. The number of hydrogen-bond donors (Lipinski definition) is 2. The highest BCUT2D eigenvalue weighted by Crippen LogP contribution is 2.21. The molecule has 76 valence electrons. The number of thioether (sulfide) groups is 1. The first-order valence-electron chi connectivity index (χ1n) is 4.80. The van der Waals surface area contributed by atoms with Gasteiger partial charge in [-0.15, -0.1) is 0 Å². The molecule has 1 unspecified atom stereocenters. The molecule has 0 aromatic rings. The van der Waals surface area contributed by atoms with Crippen molar-refractivity contribution in [2.24, 2.45) is 11.7 Å². The number of nitrogens with one attached hydrogen (secondary N) is 1. The molecule has 3 N–H and O–H groups in total. The van der Waals surface area contributed by atoms with Crippen LogP contribution in [0.1, 0.15) is 19.8 Å². The van der Waals surface area contributed by atoms with Crippen molar-refractivity contribution in [2.45, 2.75) is 25.8 Å². The average Bonchev–Trinajstić information content (AvgIpc) is 2.15. The van der Waals surface area contributed by atoms with Crippen LogP contribution in [0.25, 0.3) is 0 Å². The summed E-state index contributed by atoms with van der Waals surface area (Å²) in [5, 5.41) is 3.17. The van der Waals surface area contributed by atoms with Crippen molar-refractivity contribution in [2.75, 3.05) is 18.1 Å². The van der Waals surface area contributed by atoms with E-state index in [1.807, 2.05) is 18.7 Å². The molecule has 1 atom stereocenters. The Balaban J connectivity index is 2.13. The zero-order valence-corrected chi connectivity index (χ0v) is 8.90. The molecule has 0 aromatic carbocycles. The normalized spacial score (nSPS) is 21.3. The largest absolute Gasteiger partial charge is 0.368 e. The lowest BCUT2D eigenvalue weighted by Crippen LogP contribution is -2.41. The minimum Gasteiger partial charge on any atom is -0.368 e. The maximum absolute atomic E-state index is 10.7. The van der Waals surface area contributed by atoms with E-state index in [1.165, 1.54) is 24.3 Å². The van der Waals surface area contributed by atoms with E-state index < -0.39 is 0 Å². The fourth-order valence-corrected chi connectivity index (χ4v) is 2.60. The molecule has 1 rings (SSSR count). The summed E-state index contributed by atoms with van der Waals surface area (Å²) < 4.78 is 0. The molecule has 0 saturated carbocycles. The van der Waals surface area contributed by atoms with Crippen molar-refractivity contribution in [1.29, 1.82) is 0 Å². The molecule has 1 aliphatic heterocycles. The molecule has 1 fully saturated rings. The molecule has 0 aliphatic carbocycles. The second-order valence-corrected chi connectivity index (χ2v) is 4.81. The number of rotatable bonds is 4. The standard InChI is InChI=1S/C9H18N2OS/c1-7(9(10)12)11-6-8-2-4-13-5-3-8/h7-8,11H,2-6H2,1H3,(H2,10,12). The summed E-state index contributed by atoms with van der Waals surface area (Å²) in [5.74, 6) is 3.00. The van der Waals surface area contributed by atoms with E-state index in [9.17, 15) is 4.79 Å². The van der Waals surface area contributed by atoms with Crippen molar-refractivity contribution in [3.63, 3.8) is 0 Å². The fraction of sp³-hybridized carbons (Fsp3) is 0.889. The molecule has 1 heterocycles. The lowest BCUT2D eigenvalue weighted by Gasteiger charge is -2.22. The van der Waals surface area contributed by atoms with Crippen LogP contribution in [0.2, 0.25) is 0 Å². The second-order valence-electron chi connectivity index (χ2n) is 3.59. The molecule has 0 bridgehead atoms. The number of carbonyl (C=O) groups excluding carboxylic acids is 1. The summed E-state index contributed by atoms with van der Waals surface area (Å²) >= 11 is 2.02. The van der Waals surface area contributed by atoms with Crippen molar-refractivity contribution < 1.29 is 4.79 Å². The molecule has 13 heavy (non-hydrogen) atoms. The topological polar surface area (TPSA) is 55.1 Å². The summed E-state index contributed by atoms with van der Waals surface area (Å²) in [6.07, 6.45) is 2.53. The third-order valence-electron chi connectivity index (χ3n) is 2.48. The second kappa shape index (κ2) is 5.50. The van der Waals surface area contributed by atoms with Gasteiger partial charge in [0.15, 0.2) is 0 Å². The van der Waals surface area contributed by atoms with E-state index in [0.717, 1.165) is 12.5 Å². The van der Waals surface area contributed by atoms with Gasteiger partial charge < -0.3 is 11.1 Å². The first-order valence-corrected chi connectivity index (χ1v) is 5.96. The Morgan fingerprint density at radius 3 is 2.77 bits per heavy atom. The zero-order valence-electron chi connectivity index (χ0n) is 8.08. The van der Waals surface area contributed by atoms with Gasteiger partial charge in [0.05, 0.1) is 6.04 Å². The number of amides is 1. The summed E-state index contributed by atoms with van der Waals surface area (Å²) in [7, 11) is 0. The van der Waals surface area contributed by atoms with Crippen LogP contribution in [-0.2, 0) is 4.79 Å². The highest BCUT2D eigenvalue weighted by Gasteiger charge is 2.15. The van der Waals surface area contributed by atoms with Gasteiger partial charge in [0.25, 0.3) is 0 Å². The number of hydrogen-bond acceptors (Lipinski definition) is 3. The Morgan fingerprint density at radius 1 is 1.62 bits per heavy atom. The van der Waals surface area contributed by atoms with Crippen LogP contribution in [-0.4, -0.2) is 30.0 Å². The average molecular weight is 202 g/mol. The van der Waals surface area contributed by atoms with Gasteiger partial charge in [0.2, 0.25) is 5.91 Å². The molecular weight excluding hydrogens is 184 g/mol. The lowest BCUT2D eigenvalue weighted by molar-refractivity contribution is -0.119. The molecule has 4 heteroatoms. The van der Waals surface area contributed by atoms with E-state index in [2.05, 4.69) is 5.32 Å². The van der Waals surface area contributed by atoms with Crippen LogP contribution in [0.15, 0.2) is 0 Å². The van der Waals surface area contributed by atoms with Crippen LogP contribution in [0.5, 0.6) is 0 Å². The van der Waals surface area contributed by atoms with Crippen LogP contribution in [0, 0.1) is 5.92 Å². The highest BCUT2D eigenvalue weighted by molar-refractivity contribution is 7.99. The van der Waals surface area contributed by atoms with Crippen molar-refractivity contribution in [3.8, 4) is 0 Å². The lowest BCUT2D eigenvalue weighted by atomic mass is 10.0. The number of nitrogens with two attached hydrogens (primary N) is 1. The van der Waals surface area contributed by atoms with E-state index >= 15 is 0 Å². The third-order valence-corrected chi connectivity index (χ3v) is 3.53. The van der Waals surface area contributed by atoms with Crippen LogP contribution >= 0.6 is 11.8 Å². The maximum atomic E-state index is 10.7. The Bertz CT molecular complexity index is 169.